The first-order chi connectivity index (χ1) is 18.8. The summed E-state index contributed by atoms with van der Waals surface area (Å²) in [4.78, 5) is 26.9. The molecule has 1 saturated carbocycles. The molecule has 11 nitrogen and oxygen atoms in total. The van der Waals surface area contributed by atoms with E-state index >= 15 is 0 Å². The van der Waals surface area contributed by atoms with Crippen LogP contribution in [0, 0.1) is 0 Å². The van der Waals surface area contributed by atoms with Crippen LogP contribution in [0.5, 0.6) is 5.88 Å². The van der Waals surface area contributed by atoms with E-state index in [1.54, 1.807) is 29.4 Å². The summed E-state index contributed by atoms with van der Waals surface area (Å²) in [5.74, 6) is 0.381. The maximum absolute atomic E-state index is 13.7. The average molecular weight is 552 g/mol. The molecule has 1 aliphatic carbocycles. The molecule has 6 heterocycles. The third kappa shape index (κ3) is 4.79. The minimum Gasteiger partial charge on any atom is -0.475 e. The third-order valence-electron chi connectivity index (χ3n) is 7.52. The minimum atomic E-state index is -0.617. The highest BCUT2D eigenvalue weighted by molar-refractivity contribution is 6.33. The molecule has 0 unspecified atom stereocenters. The molecule has 204 valence electrons. The summed E-state index contributed by atoms with van der Waals surface area (Å²) in [5, 5.41) is 8.07. The van der Waals surface area contributed by atoms with Crippen LogP contribution in [-0.2, 0) is 9.47 Å². The molecule has 0 aromatic carbocycles. The molecular weight excluding hydrogens is 522 g/mol. The second-order valence-electron chi connectivity index (χ2n) is 10.9. The first-order valence-electron chi connectivity index (χ1n) is 13.3. The summed E-state index contributed by atoms with van der Waals surface area (Å²) in [6.07, 6.45) is 8.33. The molecule has 4 aliphatic rings. The van der Waals surface area contributed by atoms with Crippen LogP contribution >= 0.6 is 11.6 Å². The largest absolute Gasteiger partial charge is 0.475 e. The standard InChI is InChI=1S/C27H30ClN7O4/c1-27(2)38-15-20(39-27)14-37-23-9-17(5-7-29-23)31-26(36)35-19-6-8-33(13-19)22-10-21(28)24(32-25(22)35)16-11-30-34(12-16)18-3-4-18/h5,7,9-12,18-20H,3-4,6,8,13-15H2,1-2H3,(H,29,31,36)/t19-,20+/m0/s1. The lowest BCUT2D eigenvalue weighted by Crippen LogP contribution is -2.48. The van der Waals surface area contributed by atoms with Gasteiger partial charge in [0.15, 0.2) is 11.6 Å². The van der Waals surface area contributed by atoms with Crippen LogP contribution in [0.25, 0.3) is 11.3 Å². The highest BCUT2D eigenvalue weighted by atomic mass is 35.5. The highest BCUT2D eigenvalue weighted by Crippen LogP contribution is 2.43. The lowest BCUT2D eigenvalue weighted by molar-refractivity contribution is -0.141. The Kier molecular flexibility index (Phi) is 5.91. The van der Waals surface area contributed by atoms with Crippen LogP contribution in [0.1, 0.15) is 39.2 Å². The van der Waals surface area contributed by atoms with Crippen LogP contribution in [0.2, 0.25) is 5.02 Å². The molecule has 3 aromatic heterocycles. The normalized spacial score (nSPS) is 23.2. The number of nitrogens with one attached hydrogen (secondary N) is 1. The van der Waals surface area contributed by atoms with Gasteiger partial charge in [0.2, 0.25) is 5.88 Å². The number of aromatic nitrogens is 4. The maximum Gasteiger partial charge on any atom is 0.327 e. The second-order valence-corrected chi connectivity index (χ2v) is 11.3. The number of hydrogen-bond acceptors (Lipinski definition) is 8. The lowest BCUT2D eigenvalue weighted by Gasteiger charge is -2.36. The summed E-state index contributed by atoms with van der Waals surface area (Å²) in [7, 11) is 0. The average Bonchev–Trinajstić information content (AvgIpc) is 3.32. The zero-order valence-electron chi connectivity index (χ0n) is 21.8. The molecular formula is C27H30ClN7O4. The quantitative estimate of drug-likeness (QED) is 0.477. The van der Waals surface area contributed by atoms with Crippen molar-refractivity contribution in [2.45, 2.75) is 57.1 Å². The Hall–Kier alpha value is -3.41. The van der Waals surface area contributed by atoms with Gasteiger partial charge in [-0.1, -0.05) is 11.6 Å². The smallest absolute Gasteiger partial charge is 0.327 e. The molecule has 12 heteroatoms. The molecule has 0 radical (unpaired) electrons. The third-order valence-corrected chi connectivity index (χ3v) is 7.81. The molecule has 39 heavy (non-hydrogen) atoms. The summed E-state index contributed by atoms with van der Waals surface area (Å²) in [6.45, 7) is 6.08. The van der Waals surface area contributed by atoms with E-state index in [0.717, 1.165) is 43.6 Å². The Bertz CT molecular complexity index is 1420. The molecule has 1 N–H and O–H groups in total. The predicted molar refractivity (Wildman–Crippen MR) is 145 cm³/mol. The first-order valence-corrected chi connectivity index (χ1v) is 13.7. The Morgan fingerprint density at radius 3 is 2.92 bits per heavy atom. The fraction of sp³-hybridized carbons (Fsp3) is 0.481. The Morgan fingerprint density at radius 1 is 1.26 bits per heavy atom. The molecule has 3 aliphatic heterocycles. The van der Waals surface area contributed by atoms with E-state index in [0.29, 0.717) is 47.4 Å². The Balaban J connectivity index is 1.12. The van der Waals surface area contributed by atoms with Crippen molar-refractivity contribution in [2.75, 3.05) is 41.4 Å². The van der Waals surface area contributed by atoms with Gasteiger partial charge >= 0.3 is 6.03 Å². The van der Waals surface area contributed by atoms with Gasteiger partial charge in [0.1, 0.15) is 12.7 Å². The number of fused-ring (bicyclic) bond motifs is 4. The van der Waals surface area contributed by atoms with Gasteiger partial charge in [0.25, 0.3) is 0 Å². The van der Waals surface area contributed by atoms with Crippen molar-refractivity contribution in [1.29, 1.82) is 0 Å². The summed E-state index contributed by atoms with van der Waals surface area (Å²) < 4.78 is 19.2. The van der Waals surface area contributed by atoms with E-state index in [2.05, 4.69) is 20.3 Å². The molecule has 2 atom stereocenters. The van der Waals surface area contributed by atoms with E-state index in [4.69, 9.17) is 30.8 Å². The number of pyridine rings is 2. The number of nitrogens with zero attached hydrogens (tertiary/aromatic N) is 6. The predicted octanol–water partition coefficient (Wildman–Crippen LogP) is 4.49. The van der Waals surface area contributed by atoms with Crippen LogP contribution in [0.15, 0.2) is 36.8 Å². The number of rotatable bonds is 6. The summed E-state index contributed by atoms with van der Waals surface area (Å²) >= 11 is 6.72. The topological polar surface area (TPSA) is 107 Å². The maximum atomic E-state index is 13.7. The van der Waals surface area contributed by atoms with Crippen molar-refractivity contribution in [3.05, 3.63) is 41.8 Å². The van der Waals surface area contributed by atoms with Gasteiger partial charge in [-0.15, -0.1) is 0 Å². The molecule has 2 amide bonds. The van der Waals surface area contributed by atoms with Crippen LogP contribution < -0.4 is 19.9 Å². The van der Waals surface area contributed by atoms with Crippen LogP contribution in [0.3, 0.4) is 0 Å². The van der Waals surface area contributed by atoms with Gasteiger partial charge in [0, 0.05) is 42.8 Å². The highest BCUT2D eigenvalue weighted by Gasteiger charge is 2.41. The first kappa shape index (κ1) is 24.6. The van der Waals surface area contributed by atoms with Crippen LogP contribution in [0.4, 0.5) is 22.0 Å². The lowest BCUT2D eigenvalue weighted by atomic mass is 10.1. The minimum absolute atomic E-state index is 0.00800. The molecule has 7 rings (SSSR count). The van der Waals surface area contributed by atoms with Crippen molar-refractivity contribution < 1.29 is 19.0 Å². The fourth-order valence-electron chi connectivity index (χ4n) is 5.46. The summed E-state index contributed by atoms with van der Waals surface area (Å²) in [6, 6.07) is 5.57. The number of ether oxygens (including phenoxy) is 3. The van der Waals surface area contributed by atoms with Crippen molar-refractivity contribution in [3.8, 4) is 17.1 Å². The van der Waals surface area contributed by atoms with E-state index in [9.17, 15) is 4.79 Å². The van der Waals surface area contributed by atoms with E-state index < -0.39 is 5.79 Å². The van der Waals surface area contributed by atoms with Crippen LogP contribution in [-0.4, -0.2) is 70.0 Å². The molecule has 0 spiro atoms. The fourth-order valence-corrected chi connectivity index (χ4v) is 5.72. The van der Waals surface area contributed by atoms with Gasteiger partial charge in [-0.2, -0.15) is 5.10 Å². The van der Waals surface area contributed by atoms with Crippen molar-refractivity contribution in [3.63, 3.8) is 0 Å². The van der Waals surface area contributed by atoms with Gasteiger partial charge in [-0.05, 0) is 45.2 Å². The van der Waals surface area contributed by atoms with E-state index in [1.807, 2.05) is 30.8 Å². The van der Waals surface area contributed by atoms with Crippen molar-refractivity contribution in [1.82, 2.24) is 19.7 Å². The Morgan fingerprint density at radius 2 is 2.13 bits per heavy atom. The van der Waals surface area contributed by atoms with E-state index in [-0.39, 0.29) is 18.2 Å². The summed E-state index contributed by atoms with van der Waals surface area (Å²) in [5.41, 5.74) is 2.92. The zero-order chi connectivity index (χ0) is 26.7. The SMILES string of the molecule is CC1(C)OC[C@@H](COc2cc(NC(=O)N3c4nc(-c5cnn(C6CC6)c5)c(Cl)cc4N4CC[C@H]3C4)ccn2)O1. The molecule has 2 bridgehead atoms. The number of halogens is 1. The van der Waals surface area contributed by atoms with Gasteiger partial charge < -0.3 is 24.4 Å². The van der Waals surface area contributed by atoms with Gasteiger partial charge in [0.05, 0.1) is 41.3 Å². The number of anilines is 3. The van der Waals surface area contributed by atoms with E-state index in [1.165, 1.54) is 0 Å². The zero-order valence-corrected chi connectivity index (χ0v) is 22.6. The number of amides is 2. The second kappa shape index (κ2) is 9.35. The monoisotopic (exact) mass is 551 g/mol. The number of hydrogen-bond donors (Lipinski definition) is 1. The molecule has 3 fully saturated rings. The molecule has 3 aromatic rings. The van der Waals surface area contributed by atoms with Gasteiger partial charge in [-0.3, -0.25) is 9.58 Å². The van der Waals surface area contributed by atoms with Gasteiger partial charge in [-0.25, -0.2) is 14.8 Å². The number of urea groups is 1. The van der Waals surface area contributed by atoms with Crippen molar-refractivity contribution >= 4 is 34.8 Å². The number of carbonyl (C=O) groups excluding carboxylic acids is 1. The molecule has 2 saturated heterocycles. The van der Waals surface area contributed by atoms with Crippen molar-refractivity contribution in [2.24, 2.45) is 0 Å². The number of carbonyl (C=O) groups is 1. The Labute approximate surface area is 231 Å².